The summed E-state index contributed by atoms with van der Waals surface area (Å²) in [6.45, 7) is 2.55. The summed E-state index contributed by atoms with van der Waals surface area (Å²) in [7, 11) is 0. The van der Waals surface area contributed by atoms with E-state index in [4.69, 9.17) is 0 Å². The molecule has 1 nitrogen and oxygen atoms in total. The van der Waals surface area contributed by atoms with Crippen molar-refractivity contribution >= 4 is 34.6 Å². The molecule has 0 aliphatic carbocycles. The Hall–Kier alpha value is 1.04. The van der Waals surface area contributed by atoms with E-state index in [-0.39, 0.29) is 0 Å². The van der Waals surface area contributed by atoms with E-state index in [9.17, 15) is 0 Å². The Labute approximate surface area is 68.7 Å². The second-order valence-corrected chi connectivity index (χ2v) is 4.47. The molecule has 1 rings (SSSR count). The number of hydrogen-bond acceptors (Lipinski definition) is 2. The van der Waals surface area contributed by atoms with Crippen LogP contribution in [0.5, 0.6) is 0 Å². The van der Waals surface area contributed by atoms with Crippen molar-refractivity contribution in [3.63, 3.8) is 0 Å². The van der Waals surface area contributed by atoms with Gasteiger partial charge in [0.25, 0.3) is 0 Å². The van der Waals surface area contributed by atoms with Gasteiger partial charge in [0.2, 0.25) is 0 Å². The third-order valence-corrected chi connectivity index (χ3v) is 3.18. The van der Waals surface area contributed by atoms with E-state index in [1.54, 1.807) is 0 Å². The van der Waals surface area contributed by atoms with Crippen LogP contribution in [0, 0.1) is 0 Å². The van der Waals surface area contributed by atoms with E-state index in [2.05, 4.69) is 37.7 Å². The van der Waals surface area contributed by atoms with E-state index in [1.807, 2.05) is 0 Å². The van der Waals surface area contributed by atoms with Crippen LogP contribution in [-0.2, 0) is 0 Å². The van der Waals surface area contributed by atoms with Crippen LogP contribution in [0.15, 0.2) is 0 Å². The molecule has 48 valence electrons. The number of halogens is 1. The topological polar surface area (TPSA) is 3.24 Å². The van der Waals surface area contributed by atoms with Gasteiger partial charge in [-0.05, 0) is 12.2 Å². The lowest BCUT2D eigenvalue weighted by atomic mass is 10.5. The van der Waals surface area contributed by atoms with Crippen LogP contribution < -0.4 is 0 Å². The van der Waals surface area contributed by atoms with Crippen LogP contribution in [0.3, 0.4) is 0 Å². The summed E-state index contributed by atoms with van der Waals surface area (Å²) >= 11 is 4.47. The van der Waals surface area contributed by atoms with E-state index < -0.39 is 0 Å². The van der Waals surface area contributed by atoms with Crippen molar-refractivity contribution in [2.75, 3.05) is 24.6 Å². The van der Waals surface area contributed by atoms with Gasteiger partial charge in [0.1, 0.15) is 0 Å². The molecule has 1 fully saturated rings. The first-order valence-corrected chi connectivity index (χ1v) is 5.00. The molecule has 0 aromatic heterocycles. The van der Waals surface area contributed by atoms with Crippen LogP contribution in [0.1, 0.15) is 6.42 Å². The number of nitrogens with zero attached hydrogens (tertiary/aromatic N) is 1. The predicted octanol–water partition coefficient (Wildman–Crippen LogP) is 1.78. The summed E-state index contributed by atoms with van der Waals surface area (Å²) in [6, 6.07) is 0. The number of hydrogen-bond donors (Lipinski definition) is 0. The monoisotopic (exact) mass is 243 g/mol. The molecule has 0 saturated carbocycles. The Morgan fingerprint density at radius 2 is 2.12 bits per heavy atom. The average Bonchev–Trinajstić information content (AvgIpc) is 1.94. The van der Waals surface area contributed by atoms with Crippen LogP contribution in [0.2, 0.25) is 0 Å². The highest BCUT2D eigenvalue weighted by Gasteiger charge is 2.03. The van der Waals surface area contributed by atoms with Crippen LogP contribution in [0.25, 0.3) is 0 Å². The fraction of sp³-hybridized carbons (Fsp3) is 1.00. The number of rotatable bonds is 0. The molecule has 0 N–H and O–H groups in total. The van der Waals surface area contributed by atoms with Gasteiger partial charge in [-0.2, -0.15) is 11.8 Å². The van der Waals surface area contributed by atoms with Crippen LogP contribution in [-0.4, -0.2) is 27.7 Å². The Balaban J connectivity index is 2.17. The maximum Gasteiger partial charge on any atom is 0.0201 e. The molecule has 3 heteroatoms. The largest absolute Gasteiger partial charge is 0.247 e. The zero-order valence-corrected chi connectivity index (χ0v) is 7.74. The molecule has 0 radical (unpaired) electrons. The lowest BCUT2D eigenvalue weighted by Gasteiger charge is -2.06. The van der Waals surface area contributed by atoms with Crippen LogP contribution in [0.4, 0.5) is 0 Å². The summed E-state index contributed by atoms with van der Waals surface area (Å²) in [5.41, 5.74) is 0. The zero-order chi connectivity index (χ0) is 5.82. The maximum atomic E-state index is 2.40. The molecule has 1 aliphatic heterocycles. The van der Waals surface area contributed by atoms with Crippen molar-refractivity contribution in [1.82, 2.24) is 3.11 Å². The fourth-order valence-corrected chi connectivity index (χ4v) is 2.51. The molecule has 0 atom stereocenters. The van der Waals surface area contributed by atoms with Crippen LogP contribution >= 0.6 is 34.6 Å². The van der Waals surface area contributed by atoms with E-state index >= 15 is 0 Å². The molecule has 0 aromatic rings. The van der Waals surface area contributed by atoms with Crippen molar-refractivity contribution in [2.45, 2.75) is 6.42 Å². The normalized spacial score (nSPS) is 25.1. The Morgan fingerprint density at radius 1 is 1.25 bits per heavy atom. The maximum absolute atomic E-state index is 2.40. The van der Waals surface area contributed by atoms with Gasteiger partial charge in [-0.25, -0.2) is 3.11 Å². The Bertz CT molecular complexity index is 61.4. The summed E-state index contributed by atoms with van der Waals surface area (Å²) < 4.78 is 2.37. The minimum Gasteiger partial charge on any atom is -0.247 e. The van der Waals surface area contributed by atoms with Gasteiger partial charge in [0, 0.05) is 41.7 Å². The van der Waals surface area contributed by atoms with Crippen molar-refractivity contribution in [3.8, 4) is 0 Å². The minimum atomic E-state index is 1.27. The first-order valence-electron chi connectivity index (χ1n) is 2.88. The highest BCUT2D eigenvalue weighted by atomic mass is 127. The summed E-state index contributed by atoms with van der Waals surface area (Å²) in [5.74, 6) is 2.68. The van der Waals surface area contributed by atoms with E-state index in [0.29, 0.717) is 0 Å². The first-order chi connectivity index (χ1) is 3.89. The average molecular weight is 243 g/mol. The molecule has 8 heavy (non-hydrogen) atoms. The molecule has 0 aromatic carbocycles. The van der Waals surface area contributed by atoms with Crippen molar-refractivity contribution in [3.05, 3.63) is 0 Å². The molecule has 0 unspecified atom stereocenters. The molecular formula is C5H10INS. The molecule has 0 bridgehead atoms. The molecule has 0 amide bonds. The second-order valence-electron chi connectivity index (χ2n) is 1.88. The highest BCUT2D eigenvalue weighted by Crippen LogP contribution is 2.12. The molecule has 0 spiro atoms. The number of thioether (sulfide) groups is 1. The van der Waals surface area contributed by atoms with Gasteiger partial charge < -0.3 is 0 Å². The third-order valence-electron chi connectivity index (χ3n) is 1.17. The lowest BCUT2D eigenvalue weighted by molar-refractivity contribution is 0.547. The standard InChI is InChI=1S/C5H10INS/c6-7-2-1-4-8-5-3-7/h1-5H2. The predicted molar refractivity (Wildman–Crippen MR) is 47.5 cm³/mol. The fourth-order valence-electron chi connectivity index (χ4n) is 0.716. The van der Waals surface area contributed by atoms with E-state index in [0.717, 1.165) is 0 Å². The van der Waals surface area contributed by atoms with Gasteiger partial charge in [0.05, 0.1) is 0 Å². The van der Waals surface area contributed by atoms with Gasteiger partial charge in [0.15, 0.2) is 0 Å². The van der Waals surface area contributed by atoms with E-state index in [1.165, 1.54) is 31.0 Å². The van der Waals surface area contributed by atoms with Gasteiger partial charge >= 0.3 is 0 Å². The molecular weight excluding hydrogens is 233 g/mol. The Morgan fingerprint density at radius 3 is 3.00 bits per heavy atom. The quantitative estimate of drug-likeness (QED) is 0.471. The summed E-state index contributed by atoms with van der Waals surface area (Å²) in [6.07, 6.45) is 1.37. The van der Waals surface area contributed by atoms with Crippen molar-refractivity contribution in [2.24, 2.45) is 0 Å². The smallest absolute Gasteiger partial charge is 0.0201 e. The minimum absolute atomic E-state index is 1.27. The van der Waals surface area contributed by atoms with Crippen molar-refractivity contribution in [1.29, 1.82) is 0 Å². The zero-order valence-electron chi connectivity index (χ0n) is 4.77. The summed E-state index contributed by atoms with van der Waals surface area (Å²) in [5, 5.41) is 0. The van der Waals surface area contributed by atoms with Crippen molar-refractivity contribution < 1.29 is 0 Å². The first kappa shape index (κ1) is 7.15. The highest BCUT2D eigenvalue weighted by molar-refractivity contribution is 14.1. The second kappa shape index (κ2) is 3.95. The summed E-state index contributed by atoms with van der Waals surface area (Å²) in [4.78, 5) is 0. The molecule has 1 heterocycles. The van der Waals surface area contributed by atoms with Gasteiger partial charge in [-0.3, -0.25) is 0 Å². The molecule has 1 aliphatic rings. The lowest BCUT2D eigenvalue weighted by Crippen LogP contribution is -2.12. The van der Waals surface area contributed by atoms with Gasteiger partial charge in [-0.15, -0.1) is 0 Å². The van der Waals surface area contributed by atoms with Gasteiger partial charge in [-0.1, -0.05) is 0 Å². The Kier molecular flexibility index (Phi) is 3.53. The molecule has 1 saturated heterocycles. The SMILES string of the molecule is IN1CCCSCC1. The third kappa shape index (κ3) is 2.55.